The first-order valence-corrected chi connectivity index (χ1v) is 3.86. The molecule has 0 fully saturated rings. The molecule has 1 rings (SSSR count). The Morgan fingerprint density at radius 1 is 1.43 bits per heavy atom. The molecule has 0 amide bonds. The van der Waals surface area contributed by atoms with Crippen LogP contribution < -0.4 is 5.73 Å². The van der Waals surface area contributed by atoms with Crippen LogP contribution in [-0.2, 0) is 11.2 Å². The maximum atomic E-state index is 10.4. The van der Waals surface area contributed by atoms with Gasteiger partial charge in [-0.3, -0.25) is 4.79 Å². The van der Waals surface area contributed by atoms with Crippen molar-refractivity contribution in [2.75, 3.05) is 0 Å². The molecule has 74 valence electrons. The second-order valence-electron chi connectivity index (χ2n) is 2.82. The first kappa shape index (κ1) is 13.2. The Hall–Kier alpha value is -0.784. The predicted octanol–water partition coefficient (Wildman–Crippen LogP) is 0.191. The standard InChI is InChI=1S/C9H11NO3.Mg.2H/c10-8(9(12)13)5-6-1-3-7(11)4-2-6;;;/h1-4,8,11H,5,10H2,(H,12,13);;;/q;+2;2*-1/t8-;;;/m0.../s1. The largest absolute Gasteiger partial charge is 2.00 e. The number of hydrogen-bond acceptors (Lipinski definition) is 3. The van der Waals surface area contributed by atoms with Crippen LogP contribution in [0.2, 0.25) is 0 Å². The van der Waals surface area contributed by atoms with Crippen molar-refractivity contribution in [1.29, 1.82) is 0 Å². The van der Waals surface area contributed by atoms with Crippen LogP contribution in [-0.4, -0.2) is 45.3 Å². The van der Waals surface area contributed by atoms with Gasteiger partial charge in [0, 0.05) is 0 Å². The molecule has 5 heteroatoms. The summed E-state index contributed by atoms with van der Waals surface area (Å²) < 4.78 is 0. The fraction of sp³-hybridized carbons (Fsp3) is 0.222. The van der Waals surface area contributed by atoms with Gasteiger partial charge in [-0.2, -0.15) is 0 Å². The van der Waals surface area contributed by atoms with Gasteiger partial charge < -0.3 is 18.8 Å². The molecule has 0 spiro atoms. The van der Waals surface area contributed by atoms with Crippen molar-refractivity contribution in [2.24, 2.45) is 5.73 Å². The van der Waals surface area contributed by atoms with E-state index in [1.807, 2.05) is 0 Å². The molecule has 0 radical (unpaired) electrons. The zero-order valence-electron chi connectivity index (χ0n) is 9.68. The summed E-state index contributed by atoms with van der Waals surface area (Å²) in [5.74, 6) is -0.860. The molecule has 0 bridgehead atoms. The Morgan fingerprint density at radius 2 is 1.93 bits per heavy atom. The molecule has 0 heterocycles. The van der Waals surface area contributed by atoms with Gasteiger partial charge in [-0.1, -0.05) is 12.1 Å². The SMILES string of the molecule is N[C@@H](Cc1ccc(O)cc1)C(=O)O.[H-].[H-].[Mg+2]. The number of aliphatic carboxylic acids is 1. The number of benzene rings is 1. The van der Waals surface area contributed by atoms with E-state index in [4.69, 9.17) is 15.9 Å². The van der Waals surface area contributed by atoms with Gasteiger partial charge in [0.1, 0.15) is 11.8 Å². The van der Waals surface area contributed by atoms with Gasteiger partial charge in [-0.05, 0) is 24.1 Å². The first-order valence-electron chi connectivity index (χ1n) is 3.86. The van der Waals surface area contributed by atoms with E-state index in [1.165, 1.54) is 12.1 Å². The molecular formula is C9H13MgNO3. The fourth-order valence-electron chi connectivity index (χ4n) is 0.973. The summed E-state index contributed by atoms with van der Waals surface area (Å²) >= 11 is 0. The van der Waals surface area contributed by atoms with Crippen molar-refractivity contribution in [3.05, 3.63) is 29.8 Å². The Bertz CT molecular complexity index is 308. The zero-order valence-corrected chi connectivity index (χ0v) is 9.10. The van der Waals surface area contributed by atoms with Gasteiger partial charge in [0.05, 0.1) is 0 Å². The predicted molar refractivity (Wildman–Crippen MR) is 55.4 cm³/mol. The number of carboxylic acid groups (broad SMARTS) is 1. The number of aromatic hydroxyl groups is 1. The van der Waals surface area contributed by atoms with Gasteiger partial charge in [0.2, 0.25) is 0 Å². The van der Waals surface area contributed by atoms with Crippen molar-refractivity contribution in [3.63, 3.8) is 0 Å². The van der Waals surface area contributed by atoms with E-state index in [0.717, 1.165) is 5.56 Å². The van der Waals surface area contributed by atoms with Crippen LogP contribution in [0.5, 0.6) is 5.75 Å². The average molecular weight is 208 g/mol. The Labute approximate surface area is 101 Å². The summed E-state index contributed by atoms with van der Waals surface area (Å²) in [5.41, 5.74) is 6.12. The molecule has 0 saturated heterocycles. The minimum atomic E-state index is -1.02. The van der Waals surface area contributed by atoms with Crippen molar-refractivity contribution in [1.82, 2.24) is 0 Å². The molecule has 0 aliphatic heterocycles. The molecule has 0 saturated carbocycles. The fourth-order valence-corrected chi connectivity index (χ4v) is 0.973. The topological polar surface area (TPSA) is 83.5 Å². The van der Waals surface area contributed by atoms with Gasteiger partial charge >= 0.3 is 29.0 Å². The number of carboxylic acids is 1. The quantitative estimate of drug-likeness (QED) is 0.618. The number of phenolic OH excluding ortho intramolecular Hbond substituents is 1. The van der Waals surface area contributed by atoms with Crippen LogP contribution in [0.15, 0.2) is 24.3 Å². The van der Waals surface area contributed by atoms with Gasteiger partial charge in [0.25, 0.3) is 0 Å². The third kappa shape index (κ3) is 3.95. The van der Waals surface area contributed by atoms with E-state index < -0.39 is 12.0 Å². The number of nitrogens with two attached hydrogens (primary N) is 1. The molecule has 0 unspecified atom stereocenters. The van der Waals surface area contributed by atoms with Crippen LogP contribution in [0.4, 0.5) is 0 Å². The summed E-state index contributed by atoms with van der Waals surface area (Å²) in [7, 11) is 0. The van der Waals surface area contributed by atoms with Crippen LogP contribution in [0.25, 0.3) is 0 Å². The minimum Gasteiger partial charge on any atom is -1.00 e. The molecule has 0 aromatic heterocycles. The Kier molecular flexibility index (Phi) is 5.52. The van der Waals surface area contributed by atoms with Crippen LogP contribution in [0.1, 0.15) is 8.42 Å². The molecule has 1 atom stereocenters. The summed E-state index contributed by atoms with van der Waals surface area (Å²) in [6.07, 6.45) is 0.273. The summed E-state index contributed by atoms with van der Waals surface area (Å²) in [6, 6.07) is 5.42. The van der Waals surface area contributed by atoms with Gasteiger partial charge in [-0.15, -0.1) is 0 Å². The number of rotatable bonds is 3. The van der Waals surface area contributed by atoms with E-state index in [-0.39, 0.29) is 38.1 Å². The van der Waals surface area contributed by atoms with E-state index in [1.54, 1.807) is 12.1 Å². The summed E-state index contributed by atoms with van der Waals surface area (Å²) in [5, 5.41) is 17.5. The van der Waals surface area contributed by atoms with E-state index in [0.29, 0.717) is 0 Å². The maximum absolute atomic E-state index is 10.4. The second-order valence-corrected chi connectivity index (χ2v) is 2.82. The normalized spacial score (nSPS) is 11.5. The summed E-state index contributed by atoms with van der Waals surface area (Å²) in [4.78, 5) is 10.4. The van der Waals surface area contributed by atoms with Crippen LogP contribution in [0, 0.1) is 0 Å². The van der Waals surface area contributed by atoms with Gasteiger partial charge in [0.15, 0.2) is 0 Å². The van der Waals surface area contributed by atoms with Crippen molar-refractivity contribution >= 4 is 29.0 Å². The maximum Gasteiger partial charge on any atom is 2.00 e. The molecule has 4 nitrogen and oxygen atoms in total. The van der Waals surface area contributed by atoms with E-state index in [9.17, 15) is 4.79 Å². The zero-order chi connectivity index (χ0) is 9.84. The third-order valence-electron chi connectivity index (χ3n) is 1.71. The molecule has 0 aliphatic carbocycles. The Morgan fingerprint density at radius 3 is 2.36 bits per heavy atom. The molecule has 14 heavy (non-hydrogen) atoms. The third-order valence-corrected chi connectivity index (χ3v) is 1.71. The second kappa shape index (κ2) is 5.84. The van der Waals surface area contributed by atoms with Crippen LogP contribution in [0.3, 0.4) is 0 Å². The summed E-state index contributed by atoms with van der Waals surface area (Å²) in [6.45, 7) is 0. The smallest absolute Gasteiger partial charge is 1.00 e. The molecule has 4 N–H and O–H groups in total. The van der Waals surface area contributed by atoms with E-state index in [2.05, 4.69) is 0 Å². The number of carbonyl (C=O) groups is 1. The molecule has 0 aliphatic rings. The monoisotopic (exact) mass is 207 g/mol. The number of phenols is 1. The van der Waals surface area contributed by atoms with Crippen molar-refractivity contribution in [2.45, 2.75) is 12.5 Å². The first-order chi connectivity index (χ1) is 6.09. The van der Waals surface area contributed by atoms with Gasteiger partial charge in [-0.25, -0.2) is 0 Å². The van der Waals surface area contributed by atoms with E-state index >= 15 is 0 Å². The molecule has 1 aromatic carbocycles. The Balaban J connectivity index is -0.000000563. The number of hydrogen-bond donors (Lipinski definition) is 3. The average Bonchev–Trinajstić information content (AvgIpc) is 2.08. The van der Waals surface area contributed by atoms with Crippen molar-refractivity contribution < 1.29 is 17.9 Å². The van der Waals surface area contributed by atoms with Crippen LogP contribution >= 0.6 is 0 Å². The molecular weight excluding hydrogens is 194 g/mol. The molecule has 1 aromatic rings. The van der Waals surface area contributed by atoms with Crippen molar-refractivity contribution in [3.8, 4) is 5.75 Å². The minimum absolute atomic E-state index is 0.